The van der Waals surface area contributed by atoms with Gasteiger partial charge in [0.15, 0.2) is 0 Å². The lowest BCUT2D eigenvalue weighted by Gasteiger charge is -1.89. The summed E-state index contributed by atoms with van der Waals surface area (Å²) in [6, 6.07) is 0. The van der Waals surface area contributed by atoms with Crippen LogP contribution in [0.5, 0.6) is 0 Å². The van der Waals surface area contributed by atoms with E-state index in [0.29, 0.717) is 13.2 Å². The molecule has 0 saturated heterocycles. The molecule has 0 aliphatic rings. The van der Waals surface area contributed by atoms with E-state index in [-0.39, 0.29) is 0 Å². The van der Waals surface area contributed by atoms with E-state index in [1.54, 1.807) is 18.2 Å². The number of hydrogen-bond acceptors (Lipinski definition) is 1. The van der Waals surface area contributed by atoms with Crippen molar-refractivity contribution in [1.29, 1.82) is 0 Å². The average Bonchev–Trinajstić information content (AvgIpc) is 2.06. The summed E-state index contributed by atoms with van der Waals surface area (Å²) in [6.07, 6.45) is 5.19. The van der Waals surface area contributed by atoms with E-state index >= 15 is 0 Å². The fourth-order valence-corrected chi connectivity index (χ4v) is 0.235. The van der Waals surface area contributed by atoms with Gasteiger partial charge in [0, 0.05) is 0 Å². The maximum atomic E-state index is 5.01. The fraction of sp³-hybridized carbons (Fsp3) is 0.333. The molecular weight excluding hydrogens is 160 g/mol. The molecule has 64 valence electrons. The third-order valence-corrected chi connectivity index (χ3v) is 0.849. The van der Waals surface area contributed by atoms with Crippen LogP contribution in [0.2, 0.25) is 0 Å². The Balaban J connectivity index is 0. The van der Waals surface area contributed by atoms with Crippen LogP contribution in [0.15, 0.2) is 36.9 Å². The van der Waals surface area contributed by atoms with Crippen LogP contribution in [-0.2, 0) is 4.74 Å². The first-order valence-corrected chi connectivity index (χ1v) is 3.78. The summed E-state index contributed by atoms with van der Waals surface area (Å²) in [6.45, 7) is 10.0. The molecule has 0 bridgehead atoms. The van der Waals surface area contributed by atoms with Crippen molar-refractivity contribution in [3.8, 4) is 0 Å². The van der Waals surface area contributed by atoms with Gasteiger partial charge >= 0.3 is 0 Å². The molecule has 11 heavy (non-hydrogen) atoms. The van der Waals surface area contributed by atoms with E-state index in [1.807, 2.05) is 6.92 Å². The van der Waals surface area contributed by atoms with Crippen LogP contribution in [0.4, 0.5) is 0 Å². The first-order valence-electron chi connectivity index (χ1n) is 3.34. The Hall–Kier alpha value is -0.530. The Morgan fingerprint density at radius 1 is 1.27 bits per heavy atom. The van der Waals surface area contributed by atoms with Gasteiger partial charge in [-0.05, 0) is 12.5 Å². The van der Waals surface area contributed by atoms with Crippen LogP contribution in [-0.4, -0.2) is 13.2 Å². The number of allylic oxidation sites excluding steroid dienone is 1. The molecule has 0 unspecified atom stereocenters. The minimum Gasteiger partial charge on any atom is -0.373 e. The maximum absolute atomic E-state index is 5.01. The summed E-state index contributed by atoms with van der Waals surface area (Å²) < 4.78 is 4.90. The lowest BCUT2D eigenvalue weighted by Crippen LogP contribution is -1.87. The van der Waals surface area contributed by atoms with Gasteiger partial charge in [-0.2, -0.15) is 0 Å². The molecular formula is C9H15ClO. The maximum Gasteiger partial charge on any atom is 0.0649 e. The zero-order valence-electron chi connectivity index (χ0n) is 6.92. The molecule has 2 heteroatoms. The van der Waals surface area contributed by atoms with Gasteiger partial charge in [0.2, 0.25) is 0 Å². The summed E-state index contributed by atoms with van der Waals surface area (Å²) in [5, 5.41) is 0. The monoisotopic (exact) mass is 174 g/mol. The van der Waals surface area contributed by atoms with E-state index < -0.39 is 0 Å². The summed E-state index contributed by atoms with van der Waals surface area (Å²) in [4.78, 5) is 0. The van der Waals surface area contributed by atoms with Gasteiger partial charge in [0.25, 0.3) is 0 Å². The van der Waals surface area contributed by atoms with Gasteiger partial charge in [-0.3, -0.25) is 0 Å². The number of ether oxygens (including phenoxy) is 1. The molecule has 0 amide bonds. The van der Waals surface area contributed by atoms with Crippen molar-refractivity contribution < 1.29 is 4.74 Å². The Morgan fingerprint density at radius 3 is 1.82 bits per heavy atom. The van der Waals surface area contributed by atoms with Gasteiger partial charge in [0.1, 0.15) is 0 Å². The third-order valence-electron chi connectivity index (χ3n) is 0.597. The Bertz CT molecular complexity index is 96.1. The molecule has 0 rings (SSSR count). The molecule has 0 N–H and O–H groups in total. The molecule has 0 aromatic rings. The second-order valence-electron chi connectivity index (χ2n) is 1.57. The predicted octanol–water partition coefficient (Wildman–Crippen LogP) is 3.13. The van der Waals surface area contributed by atoms with E-state index in [0.717, 1.165) is 0 Å². The Kier molecular flexibility index (Phi) is 19.3. The fourth-order valence-electron chi connectivity index (χ4n) is 0.235. The highest BCUT2D eigenvalue weighted by Crippen LogP contribution is 1.72. The van der Waals surface area contributed by atoms with Gasteiger partial charge in [-0.15, -0.1) is 13.2 Å². The predicted molar refractivity (Wildman–Crippen MR) is 51.9 cm³/mol. The quantitative estimate of drug-likeness (QED) is 0.470. The van der Waals surface area contributed by atoms with Gasteiger partial charge in [-0.1, -0.05) is 29.8 Å². The van der Waals surface area contributed by atoms with Crippen LogP contribution < -0.4 is 0 Å². The van der Waals surface area contributed by atoms with Gasteiger partial charge in [-0.25, -0.2) is 0 Å². The lowest BCUT2D eigenvalue weighted by atomic mass is 10.6. The van der Waals surface area contributed by atoms with E-state index in [9.17, 15) is 0 Å². The first-order chi connectivity index (χ1) is 5.33. The second kappa shape index (κ2) is 16.2. The topological polar surface area (TPSA) is 9.23 Å². The van der Waals surface area contributed by atoms with Crippen LogP contribution in [0.25, 0.3) is 0 Å². The zero-order chi connectivity index (χ0) is 8.95. The number of rotatable bonds is 4. The van der Waals surface area contributed by atoms with Crippen molar-refractivity contribution >= 4 is 11.6 Å². The van der Waals surface area contributed by atoms with Crippen molar-refractivity contribution in [1.82, 2.24) is 0 Å². The molecule has 0 heterocycles. The second-order valence-corrected chi connectivity index (χ2v) is 1.83. The molecule has 0 aromatic carbocycles. The zero-order valence-corrected chi connectivity index (χ0v) is 7.68. The van der Waals surface area contributed by atoms with Crippen LogP contribution in [0.1, 0.15) is 6.92 Å². The van der Waals surface area contributed by atoms with Crippen molar-refractivity contribution in [3.05, 3.63) is 36.9 Å². The normalized spacial score (nSPS) is 8.55. The number of halogens is 1. The third kappa shape index (κ3) is 26.4. The highest BCUT2D eigenvalue weighted by atomic mass is 35.5. The smallest absolute Gasteiger partial charge is 0.0649 e. The standard InChI is InChI=1S/C6H10O.C3H5Cl/c1-3-5-7-6-4-2;1-2-3-4/h3-4H,1-2,5-6H2;2-3H,1H3/b;3-2+. The van der Waals surface area contributed by atoms with Gasteiger partial charge < -0.3 is 4.74 Å². The summed E-state index contributed by atoms with van der Waals surface area (Å²) in [5.74, 6) is 0. The molecule has 0 fully saturated rings. The average molecular weight is 175 g/mol. The lowest BCUT2D eigenvalue weighted by molar-refractivity contribution is 0.194. The SMILES string of the molecule is C/C=C/Cl.C=CCOCC=C. The van der Waals surface area contributed by atoms with Crippen molar-refractivity contribution in [2.24, 2.45) is 0 Å². The van der Waals surface area contributed by atoms with Crippen molar-refractivity contribution in [2.45, 2.75) is 6.92 Å². The highest BCUT2D eigenvalue weighted by molar-refractivity contribution is 6.25. The van der Waals surface area contributed by atoms with E-state index in [4.69, 9.17) is 16.3 Å². The minimum absolute atomic E-state index is 0.617. The van der Waals surface area contributed by atoms with Crippen molar-refractivity contribution in [3.63, 3.8) is 0 Å². The molecule has 1 nitrogen and oxygen atoms in total. The summed E-state index contributed by atoms with van der Waals surface area (Å²) in [5.41, 5.74) is 1.47. The molecule has 0 atom stereocenters. The van der Waals surface area contributed by atoms with Crippen LogP contribution >= 0.6 is 11.6 Å². The molecule has 0 aromatic heterocycles. The van der Waals surface area contributed by atoms with Gasteiger partial charge in [0.05, 0.1) is 13.2 Å². The Labute approximate surface area is 74.0 Å². The van der Waals surface area contributed by atoms with E-state index in [1.165, 1.54) is 5.54 Å². The molecule has 0 saturated carbocycles. The van der Waals surface area contributed by atoms with Crippen LogP contribution in [0.3, 0.4) is 0 Å². The summed E-state index contributed by atoms with van der Waals surface area (Å²) >= 11 is 5.01. The molecule has 0 spiro atoms. The van der Waals surface area contributed by atoms with Crippen molar-refractivity contribution in [2.75, 3.05) is 13.2 Å². The molecule has 0 radical (unpaired) electrons. The first kappa shape index (κ1) is 13.1. The Morgan fingerprint density at radius 2 is 1.64 bits per heavy atom. The molecule has 0 aliphatic carbocycles. The van der Waals surface area contributed by atoms with E-state index in [2.05, 4.69) is 13.2 Å². The molecule has 0 aliphatic heterocycles. The highest BCUT2D eigenvalue weighted by Gasteiger charge is 1.70. The minimum atomic E-state index is 0.617. The van der Waals surface area contributed by atoms with Crippen LogP contribution in [0, 0.1) is 0 Å². The summed E-state index contributed by atoms with van der Waals surface area (Å²) in [7, 11) is 0. The number of hydrogen-bond donors (Lipinski definition) is 0. The largest absolute Gasteiger partial charge is 0.373 e.